The monoisotopic (exact) mass is 252 g/mol. The Labute approximate surface area is 115 Å². The van der Waals surface area contributed by atoms with Crippen molar-refractivity contribution in [2.75, 3.05) is 6.61 Å². The van der Waals surface area contributed by atoms with Gasteiger partial charge in [-0.15, -0.1) is 0 Å². The Bertz CT molecular complexity index is 474. The van der Waals surface area contributed by atoms with Crippen LogP contribution in [0.15, 0.2) is 66.7 Å². The molecule has 19 heavy (non-hydrogen) atoms. The fourth-order valence-corrected chi connectivity index (χ4v) is 1.85. The van der Waals surface area contributed by atoms with Gasteiger partial charge in [-0.2, -0.15) is 0 Å². The summed E-state index contributed by atoms with van der Waals surface area (Å²) in [5.41, 5.74) is 1.27. The number of benzene rings is 2. The molecule has 0 saturated heterocycles. The van der Waals surface area contributed by atoms with Gasteiger partial charge in [-0.25, -0.2) is 0 Å². The molecule has 0 fully saturated rings. The van der Waals surface area contributed by atoms with Crippen LogP contribution in [0.1, 0.15) is 24.8 Å². The van der Waals surface area contributed by atoms with Gasteiger partial charge in [0, 0.05) is 0 Å². The Hall–Kier alpha value is -2.02. The molecule has 0 atom stereocenters. The van der Waals surface area contributed by atoms with E-state index in [2.05, 4.69) is 36.4 Å². The van der Waals surface area contributed by atoms with Crippen molar-refractivity contribution in [2.24, 2.45) is 0 Å². The summed E-state index contributed by atoms with van der Waals surface area (Å²) in [7, 11) is 0. The van der Waals surface area contributed by atoms with Gasteiger partial charge >= 0.3 is 0 Å². The second kappa shape index (κ2) is 8.15. The van der Waals surface area contributed by atoms with Crippen LogP contribution in [0.3, 0.4) is 0 Å². The maximum atomic E-state index is 5.65. The number of hydrogen-bond acceptors (Lipinski definition) is 1. The minimum Gasteiger partial charge on any atom is -0.494 e. The third-order valence-electron chi connectivity index (χ3n) is 2.89. The van der Waals surface area contributed by atoms with Crippen LogP contribution < -0.4 is 4.74 Å². The van der Waals surface area contributed by atoms with Crippen molar-refractivity contribution in [2.45, 2.75) is 19.3 Å². The fraction of sp³-hybridized carbons (Fsp3) is 0.222. The van der Waals surface area contributed by atoms with Crippen molar-refractivity contribution >= 4 is 6.08 Å². The molecule has 0 aromatic heterocycles. The zero-order valence-corrected chi connectivity index (χ0v) is 11.2. The van der Waals surface area contributed by atoms with Gasteiger partial charge < -0.3 is 4.74 Å². The van der Waals surface area contributed by atoms with E-state index in [9.17, 15) is 0 Å². The van der Waals surface area contributed by atoms with Gasteiger partial charge in [0.2, 0.25) is 0 Å². The van der Waals surface area contributed by atoms with Crippen molar-refractivity contribution in [3.8, 4) is 5.75 Å². The normalized spacial score (nSPS) is 10.7. The molecule has 1 nitrogen and oxygen atoms in total. The first kappa shape index (κ1) is 13.4. The van der Waals surface area contributed by atoms with Crippen LogP contribution in [-0.2, 0) is 0 Å². The highest BCUT2D eigenvalue weighted by atomic mass is 16.5. The molecule has 0 saturated carbocycles. The van der Waals surface area contributed by atoms with Crippen LogP contribution in [0.4, 0.5) is 0 Å². The first-order chi connectivity index (χ1) is 9.45. The molecule has 2 aromatic rings. The molecule has 1 heteroatoms. The summed E-state index contributed by atoms with van der Waals surface area (Å²) in [5, 5.41) is 0. The van der Waals surface area contributed by atoms with Crippen molar-refractivity contribution in [1.82, 2.24) is 0 Å². The minimum absolute atomic E-state index is 0.795. The van der Waals surface area contributed by atoms with Gasteiger partial charge in [0.1, 0.15) is 5.75 Å². The average Bonchev–Trinajstić information content (AvgIpc) is 2.48. The van der Waals surface area contributed by atoms with Gasteiger partial charge in [-0.3, -0.25) is 0 Å². The standard InChI is InChI=1S/C18H20O/c1(5-11-17-12-6-3-7-13-17)2-10-16-19-18-14-8-4-9-15-18/h3-9,11-15H,1-2,10,16H2/b11-5+. The SMILES string of the molecule is C(=C\c1ccccc1)/CCCCOc1ccccc1. The lowest BCUT2D eigenvalue weighted by molar-refractivity contribution is 0.307. The molecule has 0 heterocycles. The molecule has 0 spiro atoms. The summed E-state index contributed by atoms with van der Waals surface area (Å²) < 4.78 is 5.65. The highest BCUT2D eigenvalue weighted by Crippen LogP contribution is 2.09. The van der Waals surface area contributed by atoms with Crippen LogP contribution in [0, 0.1) is 0 Å². The topological polar surface area (TPSA) is 9.23 Å². The molecule has 2 rings (SSSR count). The molecule has 0 N–H and O–H groups in total. The zero-order chi connectivity index (χ0) is 13.2. The van der Waals surface area contributed by atoms with E-state index in [1.807, 2.05) is 36.4 Å². The highest BCUT2D eigenvalue weighted by molar-refractivity contribution is 5.48. The van der Waals surface area contributed by atoms with E-state index in [0.29, 0.717) is 0 Å². The summed E-state index contributed by atoms with van der Waals surface area (Å²) in [4.78, 5) is 0. The first-order valence-electron chi connectivity index (χ1n) is 6.84. The summed E-state index contributed by atoms with van der Waals surface area (Å²) in [6, 6.07) is 20.4. The van der Waals surface area contributed by atoms with E-state index in [1.165, 1.54) is 5.56 Å². The number of allylic oxidation sites excluding steroid dienone is 1. The molecule has 98 valence electrons. The smallest absolute Gasteiger partial charge is 0.119 e. The number of ether oxygens (including phenoxy) is 1. The number of rotatable bonds is 7. The van der Waals surface area contributed by atoms with Gasteiger partial charge in [-0.05, 0) is 37.0 Å². The average molecular weight is 252 g/mol. The van der Waals surface area contributed by atoms with E-state index >= 15 is 0 Å². The molecular formula is C18H20O. The number of para-hydroxylation sites is 1. The molecule has 0 aliphatic carbocycles. The maximum absolute atomic E-state index is 5.65. The summed E-state index contributed by atoms with van der Waals surface area (Å²) in [6.45, 7) is 0.795. The first-order valence-corrected chi connectivity index (χ1v) is 6.84. The fourth-order valence-electron chi connectivity index (χ4n) is 1.85. The van der Waals surface area contributed by atoms with Crippen molar-refractivity contribution in [1.29, 1.82) is 0 Å². The van der Waals surface area contributed by atoms with Crippen LogP contribution in [0.25, 0.3) is 6.08 Å². The lowest BCUT2D eigenvalue weighted by Crippen LogP contribution is -1.96. The predicted molar refractivity (Wildman–Crippen MR) is 81.3 cm³/mol. The van der Waals surface area contributed by atoms with Gasteiger partial charge in [0.25, 0.3) is 0 Å². The zero-order valence-electron chi connectivity index (χ0n) is 11.2. The second-order valence-electron chi connectivity index (χ2n) is 4.47. The van der Waals surface area contributed by atoms with Crippen LogP contribution in [0.2, 0.25) is 0 Å². The summed E-state index contributed by atoms with van der Waals surface area (Å²) in [5.74, 6) is 0.960. The number of unbranched alkanes of at least 4 members (excludes halogenated alkanes) is 2. The van der Waals surface area contributed by atoms with Crippen LogP contribution >= 0.6 is 0 Å². The lowest BCUT2D eigenvalue weighted by Gasteiger charge is -2.04. The Morgan fingerprint density at radius 1 is 0.789 bits per heavy atom. The molecule has 0 aliphatic heterocycles. The minimum atomic E-state index is 0.795. The quantitative estimate of drug-likeness (QED) is 0.633. The number of hydrogen-bond donors (Lipinski definition) is 0. The second-order valence-corrected chi connectivity index (χ2v) is 4.47. The van der Waals surface area contributed by atoms with Gasteiger partial charge in [0.05, 0.1) is 6.61 Å². The molecule has 0 amide bonds. The van der Waals surface area contributed by atoms with Crippen molar-refractivity contribution < 1.29 is 4.74 Å². The molecular weight excluding hydrogens is 232 g/mol. The van der Waals surface area contributed by atoms with Crippen LogP contribution in [-0.4, -0.2) is 6.61 Å². The Morgan fingerprint density at radius 2 is 1.47 bits per heavy atom. The third-order valence-corrected chi connectivity index (χ3v) is 2.89. The van der Waals surface area contributed by atoms with E-state index < -0.39 is 0 Å². The van der Waals surface area contributed by atoms with E-state index in [4.69, 9.17) is 4.74 Å². The largest absolute Gasteiger partial charge is 0.494 e. The molecule has 0 unspecified atom stereocenters. The van der Waals surface area contributed by atoms with E-state index in [1.54, 1.807) is 0 Å². The summed E-state index contributed by atoms with van der Waals surface area (Å²) in [6.07, 6.45) is 7.77. The Kier molecular flexibility index (Phi) is 5.75. The van der Waals surface area contributed by atoms with Gasteiger partial charge in [0.15, 0.2) is 0 Å². The predicted octanol–water partition coefficient (Wildman–Crippen LogP) is 4.95. The molecule has 0 radical (unpaired) electrons. The molecule has 2 aromatic carbocycles. The van der Waals surface area contributed by atoms with E-state index in [-0.39, 0.29) is 0 Å². The van der Waals surface area contributed by atoms with Crippen molar-refractivity contribution in [3.63, 3.8) is 0 Å². The maximum Gasteiger partial charge on any atom is 0.119 e. The van der Waals surface area contributed by atoms with E-state index in [0.717, 1.165) is 31.6 Å². The van der Waals surface area contributed by atoms with Gasteiger partial charge in [-0.1, -0.05) is 60.7 Å². The third kappa shape index (κ3) is 5.43. The van der Waals surface area contributed by atoms with Crippen molar-refractivity contribution in [3.05, 3.63) is 72.3 Å². The Balaban J connectivity index is 1.56. The summed E-state index contributed by atoms with van der Waals surface area (Å²) >= 11 is 0. The van der Waals surface area contributed by atoms with Crippen LogP contribution in [0.5, 0.6) is 5.75 Å². The lowest BCUT2D eigenvalue weighted by atomic mass is 10.2. The highest BCUT2D eigenvalue weighted by Gasteiger charge is 1.91. The Morgan fingerprint density at radius 3 is 2.21 bits per heavy atom. The molecule has 0 aliphatic rings. The molecule has 0 bridgehead atoms.